The third kappa shape index (κ3) is 5.04. The first kappa shape index (κ1) is 13.8. The smallest absolute Gasteiger partial charge is 0.237 e. The van der Waals surface area contributed by atoms with Crippen LogP contribution >= 0.6 is 0 Å². The molecule has 96 valence electrons. The number of furan rings is 1. The second-order valence-corrected chi connectivity index (χ2v) is 4.42. The van der Waals surface area contributed by atoms with E-state index in [-0.39, 0.29) is 18.0 Å². The molecule has 2 atom stereocenters. The highest BCUT2D eigenvalue weighted by molar-refractivity contribution is 5.81. The Labute approximate surface area is 103 Å². The third-order valence-electron chi connectivity index (χ3n) is 2.73. The van der Waals surface area contributed by atoms with Crippen LogP contribution in [0.25, 0.3) is 0 Å². The summed E-state index contributed by atoms with van der Waals surface area (Å²) in [5, 5.41) is 2.92. The molecule has 1 aromatic heterocycles. The highest BCUT2D eigenvalue weighted by atomic mass is 16.3. The molecule has 0 aliphatic rings. The number of aryl methyl sites for hydroxylation is 1. The third-order valence-corrected chi connectivity index (χ3v) is 2.73. The predicted molar refractivity (Wildman–Crippen MR) is 67.5 cm³/mol. The highest BCUT2D eigenvalue weighted by Crippen LogP contribution is 2.06. The number of carbonyl (C=O) groups is 1. The van der Waals surface area contributed by atoms with Gasteiger partial charge in [0.2, 0.25) is 5.91 Å². The molecular formula is C13H22N2O2. The zero-order valence-electron chi connectivity index (χ0n) is 10.6. The van der Waals surface area contributed by atoms with Crippen molar-refractivity contribution in [3.05, 3.63) is 24.2 Å². The van der Waals surface area contributed by atoms with Gasteiger partial charge in [-0.15, -0.1) is 0 Å². The largest absolute Gasteiger partial charge is 0.469 e. The maximum Gasteiger partial charge on any atom is 0.237 e. The van der Waals surface area contributed by atoms with Gasteiger partial charge in [0.15, 0.2) is 0 Å². The molecule has 4 nitrogen and oxygen atoms in total. The van der Waals surface area contributed by atoms with E-state index in [1.54, 1.807) is 6.26 Å². The van der Waals surface area contributed by atoms with E-state index in [1.807, 2.05) is 26.0 Å². The minimum absolute atomic E-state index is 0.0567. The fourth-order valence-electron chi connectivity index (χ4n) is 1.68. The Bertz CT molecular complexity index is 322. The van der Waals surface area contributed by atoms with Crippen molar-refractivity contribution >= 4 is 5.91 Å². The first-order valence-electron chi connectivity index (χ1n) is 6.21. The first-order valence-corrected chi connectivity index (χ1v) is 6.21. The van der Waals surface area contributed by atoms with Gasteiger partial charge in [0.05, 0.1) is 12.3 Å². The Morgan fingerprint density at radius 3 is 2.88 bits per heavy atom. The van der Waals surface area contributed by atoms with Crippen LogP contribution < -0.4 is 11.1 Å². The van der Waals surface area contributed by atoms with Crippen molar-refractivity contribution in [2.24, 2.45) is 5.73 Å². The molecule has 1 rings (SSSR count). The van der Waals surface area contributed by atoms with Crippen LogP contribution in [-0.2, 0) is 11.2 Å². The van der Waals surface area contributed by atoms with E-state index in [4.69, 9.17) is 10.2 Å². The van der Waals surface area contributed by atoms with Crippen LogP contribution in [0.3, 0.4) is 0 Å². The van der Waals surface area contributed by atoms with Gasteiger partial charge in [0, 0.05) is 12.5 Å². The molecule has 2 unspecified atom stereocenters. The maximum absolute atomic E-state index is 11.6. The maximum atomic E-state index is 11.6. The molecule has 0 saturated heterocycles. The van der Waals surface area contributed by atoms with Crippen molar-refractivity contribution in [2.45, 2.75) is 51.6 Å². The van der Waals surface area contributed by atoms with Gasteiger partial charge in [0.1, 0.15) is 5.76 Å². The highest BCUT2D eigenvalue weighted by Gasteiger charge is 2.14. The molecule has 0 aliphatic carbocycles. The van der Waals surface area contributed by atoms with Crippen LogP contribution in [0.1, 0.15) is 38.9 Å². The van der Waals surface area contributed by atoms with E-state index in [0.717, 1.165) is 31.4 Å². The van der Waals surface area contributed by atoms with Crippen molar-refractivity contribution in [2.75, 3.05) is 0 Å². The van der Waals surface area contributed by atoms with Crippen molar-refractivity contribution in [3.63, 3.8) is 0 Å². The van der Waals surface area contributed by atoms with E-state index in [1.165, 1.54) is 0 Å². The van der Waals surface area contributed by atoms with E-state index in [0.29, 0.717) is 0 Å². The predicted octanol–water partition coefficient (Wildman–Crippen LogP) is 1.84. The van der Waals surface area contributed by atoms with Gasteiger partial charge >= 0.3 is 0 Å². The lowest BCUT2D eigenvalue weighted by Crippen LogP contribution is -2.44. The lowest BCUT2D eigenvalue weighted by molar-refractivity contribution is -0.123. The second kappa shape index (κ2) is 7.12. The molecule has 1 amide bonds. The monoisotopic (exact) mass is 238 g/mol. The Kier molecular flexibility index (Phi) is 5.77. The average Bonchev–Trinajstić information content (AvgIpc) is 2.79. The molecular weight excluding hydrogens is 216 g/mol. The number of hydrogen-bond donors (Lipinski definition) is 2. The van der Waals surface area contributed by atoms with Gasteiger partial charge in [-0.1, -0.05) is 13.3 Å². The number of carbonyl (C=O) groups excluding carboxylic acids is 1. The molecule has 0 fully saturated rings. The molecule has 0 aromatic carbocycles. The summed E-state index contributed by atoms with van der Waals surface area (Å²) in [5.41, 5.74) is 5.74. The summed E-state index contributed by atoms with van der Waals surface area (Å²) in [6.07, 6.45) is 5.01. The Hall–Kier alpha value is -1.29. The van der Waals surface area contributed by atoms with Gasteiger partial charge < -0.3 is 15.5 Å². The number of nitrogens with one attached hydrogen (secondary N) is 1. The molecule has 1 aromatic rings. The first-order chi connectivity index (χ1) is 8.13. The fourth-order valence-corrected chi connectivity index (χ4v) is 1.68. The van der Waals surface area contributed by atoms with Gasteiger partial charge in [0.25, 0.3) is 0 Å². The zero-order valence-corrected chi connectivity index (χ0v) is 10.6. The Balaban J connectivity index is 2.24. The minimum atomic E-state index is -0.383. The van der Waals surface area contributed by atoms with Crippen molar-refractivity contribution in [1.29, 1.82) is 0 Å². The molecule has 0 aliphatic heterocycles. The van der Waals surface area contributed by atoms with E-state index in [2.05, 4.69) is 5.32 Å². The summed E-state index contributed by atoms with van der Waals surface area (Å²) in [5.74, 6) is 0.891. The van der Waals surface area contributed by atoms with Crippen LogP contribution in [0.2, 0.25) is 0 Å². The summed E-state index contributed by atoms with van der Waals surface area (Å²) in [7, 11) is 0. The van der Waals surface area contributed by atoms with Gasteiger partial charge in [-0.25, -0.2) is 0 Å². The average molecular weight is 238 g/mol. The van der Waals surface area contributed by atoms with Crippen molar-refractivity contribution in [3.8, 4) is 0 Å². The second-order valence-electron chi connectivity index (χ2n) is 4.42. The van der Waals surface area contributed by atoms with E-state index in [9.17, 15) is 4.79 Å². The van der Waals surface area contributed by atoms with Crippen LogP contribution in [-0.4, -0.2) is 18.0 Å². The quantitative estimate of drug-likeness (QED) is 0.761. The topological polar surface area (TPSA) is 68.3 Å². The standard InChI is InChI=1S/C13H22N2O2/c1-3-5-12(14)13(16)15-10(2)7-8-11-6-4-9-17-11/h4,6,9-10,12H,3,5,7-8,14H2,1-2H3,(H,15,16). The summed E-state index contributed by atoms with van der Waals surface area (Å²) in [6.45, 7) is 4.01. The number of nitrogens with two attached hydrogens (primary N) is 1. The SMILES string of the molecule is CCCC(N)C(=O)NC(C)CCc1ccco1. The zero-order chi connectivity index (χ0) is 12.7. The van der Waals surface area contributed by atoms with Gasteiger partial charge in [-0.05, 0) is 31.9 Å². The molecule has 0 radical (unpaired) electrons. The Morgan fingerprint density at radius 1 is 1.53 bits per heavy atom. The molecule has 4 heteroatoms. The molecule has 1 heterocycles. The van der Waals surface area contributed by atoms with E-state index < -0.39 is 0 Å². The normalized spacial score (nSPS) is 14.3. The summed E-state index contributed by atoms with van der Waals surface area (Å²) in [6, 6.07) is 3.55. The minimum Gasteiger partial charge on any atom is -0.469 e. The van der Waals surface area contributed by atoms with Crippen molar-refractivity contribution < 1.29 is 9.21 Å². The summed E-state index contributed by atoms with van der Waals surface area (Å²) in [4.78, 5) is 11.6. The number of hydrogen-bond acceptors (Lipinski definition) is 3. The van der Waals surface area contributed by atoms with E-state index >= 15 is 0 Å². The van der Waals surface area contributed by atoms with Gasteiger partial charge in [-0.2, -0.15) is 0 Å². The summed E-state index contributed by atoms with van der Waals surface area (Å²) >= 11 is 0. The summed E-state index contributed by atoms with van der Waals surface area (Å²) < 4.78 is 5.24. The lowest BCUT2D eigenvalue weighted by atomic mass is 10.1. The molecule has 17 heavy (non-hydrogen) atoms. The van der Waals surface area contributed by atoms with Gasteiger partial charge in [-0.3, -0.25) is 4.79 Å². The van der Waals surface area contributed by atoms with Crippen LogP contribution in [0.4, 0.5) is 0 Å². The van der Waals surface area contributed by atoms with Crippen molar-refractivity contribution in [1.82, 2.24) is 5.32 Å². The number of rotatable bonds is 7. The van der Waals surface area contributed by atoms with Crippen LogP contribution in [0, 0.1) is 0 Å². The molecule has 0 bridgehead atoms. The molecule has 3 N–H and O–H groups in total. The molecule has 0 spiro atoms. The Morgan fingerprint density at radius 2 is 2.29 bits per heavy atom. The fraction of sp³-hybridized carbons (Fsp3) is 0.615. The number of amides is 1. The lowest BCUT2D eigenvalue weighted by Gasteiger charge is -2.16. The van der Waals surface area contributed by atoms with Crippen LogP contribution in [0.15, 0.2) is 22.8 Å². The molecule has 0 saturated carbocycles. The van der Waals surface area contributed by atoms with Crippen LogP contribution in [0.5, 0.6) is 0 Å².